The molecule has 28 heavy (non-hydrogen) atoms. The van der Waals surface area contributed by atoms with Gasteiger partial charge >= 0.3 is 0 Å². The monoisotopic (exact) mass is 493 g/mol. The largest absolute Gasteiger partial charge is 0.321 e. The van der Waals surface area contributed by atoms with Gasteiger partial charge in [-0.2, -0.15) is 0 Å². The molecular weight excluding hydrogens is 439 g/mol. The van der Waals surface area contributed by atoms with E-state index in [-0.39, 0.29) is 0 Å². The molecule has 0 saturated heterocycles. The smallest absolute Gasteiger partial charge is 0.114 e. The van der Waals surface area contributed by atoms with Gasteiger partial charge in [-0.1, -0.05) is 118 Å². The van der Waals surface area contributed by atoms with Gasteiger partial charge < -0.3 is 12.7 Å². The molecule has 170 valence electrons. The molecule has 0 bridgehead atoms. The molecule has 0 fully saturated rings. The Morgan fingerprint density at radius 3 is 0.464 bits per heavy atom. The van der Waals surface area contributed by atoms with Crippen molar-refractivity contribution in [1.82, 2.24) is 12.7 Å². The van der Waals surface area contributed by atoms with Gasteiger partial charge in [-0.3, -0.25) is 0 Å². The molecule has 0 saturated carbocycles. The minimum atomic E-state index is -1.53. The second-order valence-electron chi connectivity index (χ2n) is 14.5. The van der Waals surface area contributed by atoms with Gasteiger partial charge in [0.1, 0.15) is 49.4 Å². The van der Waals surface area contributed by atoms with E-state index in [1.165, 1.54) is 0 Å². The quantitative estimate of drug-likeness (QED) is 0.248. The van der Waals surface area contributed by atoms with Crippen LogP contribution in [0.2, 0.25) is 118 Å². The first kappa shape index (κ1) is 29.2. The van der Waals surface area contributed by atoms with Crippen LogP contribution in [-0.4, -0.2) is 68.4 Å². The predicted octanol–water partition coefficient (Wildman–Crippen LogP) is 7.19. The molecule has 0 heterocycles. The highest BCUT2D eigenvalue weighted by Crippen LogP contribution is 2.37. The molecule has 0 aliphatic carbocycles. The standard InChI is InChI=1S/C19H55N3Si6/c1-23(2,3)20(24(4,5)6)19(21(25(7,8)9)26(10,11)12)22(27(13,14)15)28(16,17)18/h19H,1-18H3. The molecule has 0 aromatic rings. The Labute approximate surface area is 185 Å². The summed E-state index contributed by atoms with van der Waals surface area (Å²) in [5, 5.41) is 0. The molecular formula is C19H55N3Si6. The van der Waals surface area contributed by atoms with Crippen LogP contribution in [0.25, 0.3) is 0 Å². The summed E-state index contributed by atoms with van der Waals surface area (Å²) < 4.78 is 9.44. The predicted molar refractivity (Wildman–Crippen MR) is 149 cm³/mol. The zero-order valence-corrected chi connectivity index (χ0v) is 28.9. The summed E-state index contributed by atoms with van der Waals surface area (Å²) in [6.45, 7) is 46.7. The first-order valence-corrected chi connectivity index (χ1v) is 31.8. The van der Waals surface area contributed by atoms with Gasteiger partial charge in [0.15, 0.2) is 0 Å². The summed E-state index contributed by atoms with van der Waals surface area (Å²) in [4.78, 5) is 0. The minimum absolute atomic E-state index is 0.509. The normalized spacial score (nSPS) is 16.1. The lowest BCUT2D eigenvalue weighted by Gasteiger charge is -2.65. The van der Waals surface area contributed by atoms with Crippen molar-refractivity contribution in [3.05, 3.63) is 0 Å². The topological polar surface area (TPSA) is 9.72 Å². The van der Waals surface area contributed by atoms with E-state index in [4.69, 9.17) is 0 Å². The van der Waals surface area contributed by atoms with Crippen LogP contribution in [0.15, 0.2) is 0 Å². The molecule has 3 nitrogen and oxygen atoms in total. The van der Waals surface area contributed by atoms with Crippen LogP contribution < -0.4 is 0 Å². The van der Waals surface area contributed by atoms with Crippen LogP contribution in [0.5, 0.6) is 0 Å². The molecule has 0 radical (unpaired) electrons. The van der Waals surface area contributed by atoms with Crippen LogP contribution in [-0.2, 0) is 0 Å². The number of hydrogen-bond donors (Lipinski definition) is 0. The van der Waals surface area contributed by atoms with Gasteiger partial charge in [0, 0.05) is 0 Å². The molecule has 0 unspecified atom stereocenters. The van der Waals surface area contributed by atoms with Gasteiger partial charge in [-0.05, 0) is 0 Å². The molecule has 0 aromatic carbocycles. The van der Waals surface area contributed by atoms with Gasteiger partial charge in [-0.25, -0.2) is 0 Å². The van der Waals surface area contributed by atoms with Gasteiger partial charge in [-0.15, -0.1) is 0 Å². The molecule has 9 heteroatoms. The first-order valence-electron chi connectivity index (χ1n) is 11.1. The molecule has 0 amide bonds. The lowest BCUT2D eigenvalue weighted by molar-refractivity contribution is 0.198. The van der Waals surface area contributed by atoms with Crippen molar-refractivity contribution in [2.75, 3.05) is 0 Å². The zero-order valence-electron chi connectivity index (χ0n) is 22.9. The fraction of sp³-hybridized carbons (Fsp3) is 1.00. The lowest BCUT2D eigenvalue weighted by atomic mass is 11.0. The minimum Gasteiger partial charge on any atom is -0.321 e. The average molecular weight is 494 g/mol. The Kier molecular flexibility index (Phi) is 8.97. The zero-order chi connectivity index (χ0) is 23.3. The van der Waals surface area contributed by atoms with E-state index < -0.39 is 49.4 Å². The summed E-state index contributed by atoms with van der Waals surface area (Å²) in [7, 11) is -9.15. The third-order valence-corrected chi connectivity index (χ3v) is 27.2. The Morgan fingerprint density at radius 2 is 0.393 bits per heavy atom. The molecule has 0 N–H and O–H groups in total. The summed E-state index contributed by atoms with van der Waals surface area (Å²) in [6.07, 6.45) is 0.509. The van der Waals surface area contributed by atoms with Crippen LogP contribution in [0.3, 0.4) is 0 Å². The summed E-state index contributed by atoms with van der Waals surface area (Å²) >= 11 is 0. The Hall–Kier alpha value is 1.18. The summed E-state index contributed by atoms with van der Waals surface area (Å²) in [5.74, 6) is 0. The van der Waals surface area contributed by atoms with E-state index in [0.717, 1.165) is 0 Å². The lowest BCUT2D eigenvalue weighted by Crippen LogP contribution is -2.83. The van der Waals surface area contributed by atoms with E-state index >= 15 is 0 Å². The van der Waals surface area contributed by atoms with Crippen molar-refractivity contribution < 1.29 is 0 Å². The third kappa shape index (κ3) is 7.70. The molecule has 0 rings (SSSR count). The van der Waals surface area contributed by atoms with Crippen molar-refractivity contribution in [1.29, 1.82) is 0 Å². The number of hydrogen-bond acceptors (Lipinski definition) is 3. The Balaban J connectivity index is 7.30. The Morgan fingerprint density at radius 1 is 0.286 bits per heavy atom. The van der Waals surface area contributed by atoms with E-state index in [0.29, 0.717) is 6.29 Å². The first-order chi connectivity index (χ1) is 11.7. The van der Waals surface area contributed by atoms with Crippen molar-refractivity contribution in [2.24, 2.45) is 0 Å². The van der Waals surface area contributed by atoms with Crippen LogP contribution in [0.4, 0.5) is 0 Å². The molecule has 0 atom stereocenters. The summed E-state index contributed by atoms with van der Waals surface area (Å²) in [6, 6.07) is 0. The average Bonchev–Trinajstić information content (AvgIpc) is 2.13. The second-order valence-corrected chi connectivity index (χ2v) is 44.8. The highest BCUT2D eigenvalue weighted by atomic mass is 28.4. The number of nitrogens with zero attached hydrogens (tertiary/aromatic N) is 3. The van der Waals surface area contributed by atoms with E-state index in [1.54, 1.807) is 0 Å². The molecule has 0 aromatic heterocycles. The fourth-order valence-corrected chi connectivity index (χ4v) is 36.5. The third-order valence-electron chi connectivity index (χ3n) is 5.03. The van der Waals surface area contributed by atoms with E-state index in [2.05, 4.69) is 131 Å². The van der Waals surface area contributed by atoms with Crippen molar-refractivity contribution in [3.63, 3.8) is 0 Å². The molecule has 0 aliphatic heterocycles. The summed E-state index contributed by atoms with van der Waals surface area (Å²) in [5.41, 5.74) is 0. The maximum absolute atomic E-state index is 3.15. The van der Waals surface area contributed by atoms with Crippen molar-refractivity contribution >= 4 is 49.4 Å². The van der Waals surface area contributed by atoms with Crippen LogP contribution >= 0.6 is 0 Å². The van der Waals surface area contributed by atoms with Crippen LogP contribution in [0, 0.1) is 0 Å². The Bertz CT molecular complexity index is 395. The van der Waals surface area contributed by atoms with E-state index in [9.17, 15) is 0 Å². The van der Waals surface area contributed by atoms with Crippen molar-refractivity contribution in [2.45, 2.75) is 124 Å². The number of rotatable bonds is 9. The van der Waals surface area contributed by atoms with E-state index in [1.807, 2.05) is 0 Å². The van der Waals surface area contributed by atoms with Crippen LogP contribution in [0.1, 0.15) is 0 Å². The molecule has 0 spiro atoms. The maximum Gasteiger partial charge on any atom is 0.114 e. The molecule has 0 aliphatic rings. The highest BCUT2D eigenvalue weighted by Gasteiger charge is 2.54. The fourth-order valence-electron chi connectivity index (χ4n) is 5.44. The van der Waals surface area contributed by atoms with Gasteiger partial charge in [0.25, 0.3) is 0 Å². The van der Waals surface area contributed by atoms with Gasteiger partial charge in [0.2, 0.25) is 0 Å². The highest BCUT2D eigenvalue weighted by molar-refractivity contribution is 6.94. The SMILES string of the molecule is C[Si](C)(C)N(C(N([Si](C)(C)C)[Si](C)(C)C)N([Si](C)(C)C)[Si](C)(C)C)[Si](C)(C)C. The van der Waals surface area contributed by atoms with Gasteiger partial charge in [0.05, 0.1) is 6.29 Å². The maximum atomic E-state index is 3.15. The van der Waals surface area contributed by atoms with Crippen molar-refractivity contribution in [3.8, 4) is 0 Å². The second kappa shape index (κ2) is 8.61.